The average molecular weight is 309 g/mol. The number of hydrogen-bond donors (Lipinski definition) is 2. The molecule has 0 heterocycles. The van der Waals surface area contributed by atoms with E-state index < -0.39 is 5.97 Å². The number of carbonyl (C=O) groups is 1. The van der Waals surface area contributed by atoms with Gasteiger partial charge in [-0.05, 0) is 31.2 Å². The van der Waals surface area contributed by atoms with E-state index in [0.29, 0.717) is 17.1 Å². The zero-order valence-electron chi connectivity index (χ0n) is 12.4. The van der Waals surface area contributed by atoms with Gasteiger partial charge in [0.25, 0.3) is 0 Å². The van der Waals surface area contributed by atoms with Crippen molar-refractivity contribution in [2.45, 2.75) is 30.4 Å². The number of carboxylic acid groups (broad SMARTS) is 1. The summed E-state index contributed by atoms with van der Waals surface area (Å²) in [6, 6.07) is 6.75. The van der Waals surface area contributed by atoms with E-state index in [2.05, 4.69) is 11.6 Å². The summed E-state index contributed by atoms with van der Waals surface area (Å²) in [6.07, 6.45) is 7.40. The van der Waals surface area contributed by atoms with Crippen LogP contribution in [0.4, 0.5) is 0 Å². The van der Waals surface area contributed by atoms with Crippen LogP contribution >= 0.6 is 11.8 Å². The van der Waals surface area contributed by atoms with E-state index in [-0.39, 0.29) is 5.56 Å². The fourth-order valence-electron chi connectivity index (χ4n) is 2.79. The van der Waals surface area contributed by atoms with Crippen molar-refractivity contribution in [2.75, 3.05) is 26.0 Å². The van der Waals surface area contributed by atoms with Gasteiger partial charge in [-0.3, -0.25) is 0 Å². The zero-order valence-corrected chi connectivity index (χ0v) is 13.2. The van der Waals surface area contributed by atoms with Gasteiger partial charge in [0.1, 0.15) is 17.9 Å². The van der Waals surface area contributed by atoms with E-state index >= 15 is 0 Å². The molecule has 1 fully saturated rings. The second-order valence-electron chi connectivity index (χ2n) is 5.42. The molecule has 0 aromatic heterocycles. The highest BCUT2D eigenvalue weighted by Crippen LogP contribution is 2.39. The van der Waals surface area contributed by atoms with E-state index in [1.807, 2.05) is 11.8 Å². The van der Waals surface area contributed by atoms with Crippen LogP contribution in [-0.2, 0) is 0 Å². The van der Waals surface area contributed by atoms with Gasteiger partial charge in [0.2, 0.25) is 0 Å². The summed E-state index contributed by atoms with van der Waals surface area (Å²) in [4.78, 5) is 11.1. The summed E-state index contributed by atoms with van der Waals surface area (Å²) in [6.45, 7) is 2.21. The molecule has 1 aromatic carbocycles. The van der Waals surface area contributed by atoms with E-state index in [4.69, 9.17) is 9.84 Å². The Morgan fingerprint density at radius 1 is 1.38 bits per heavy atom. The van der Waals surface area contributed by atoms with E-state index in [0.717, 1.165) is 13.1 Å². The van der Waals surface area contributed by atoms with Crippen molar-refractivity contribution in [1.29, 1.82) is 0 Å². The van der Waals surface area contributed by atoms with Gasteiger partial charge in [0.15, 0.2) is 0 Å². The minimum atomic E-state index is -0.953. The lowest BCUT2D eigenvalue weighted by Gasteiger charge is -2.27. The maximum absolute atomic E-state index is 11.1. The van der Waals surface area contributed by atoms with Gasteiger partial charge in [0.05, 0.1) is 0 Å². The van der Waals surface area contributed by atoms with Crippen LogP contribution in [0.5, 0.6) is 5.75 Å². The third-order valence-electron chi connectivity index (χ3n) is 4.05. The molecule has 1 saturated carbocycles. The summed E-state index contributed by atoms with van der Waals surface area (Å²) in [5, 5.41) is 12.5. The van der Waals surface area contributed by atoms with Crippen molar-refractivity contribution in [3.63, 3.8) is 0 Å². The number of rotatable bonds is 8. The SMILES string of the molecule is CSC1(CNCCOc2ccccc2C(=O)O)CCCC1. The zero-order chi connectivity index (χ0) is 15.1. The molecule has 0 amide bonds. The van der Waals surface area contributed by atoms with Crippen molar-refractivity contribution in [1.82, 2.24) is 5.32 Å². The maximum Gasteiger partial charge on any atom is 0.339 e. The minimum Gasteiger partial charge on any atom is -0.491 e. The molecule has 5 heteroatoms. The van der Waals surface area contributed by atoms with Crippen molar-refractivity contribution >= 4 is 17.7 Å². The van der Waals surface area contributed by atoms with Crippen LogP contribution in [0.15, 0.2) is 24.3 Å². The molecule has 0 bridgehead atoms. The molecule has 2 N–H and O–H groups in total. The Bertz CT molecular complexity index is 472. The van der Waals surface area contributed by atoms with Crippen molar-refractivity contribution in [2.24, 2.45) is 0 Å². The Morgan fingerprint density at radius 3 is 2.76 bits per heavy atom. The molecule has 0 radical (unpaired) electrons. The Balaban J connectivity index is 1.74. The monoisotopic (exact) mass is 309 g/mol. The van der Waals surface area contributed by atoms with Gasteiger partial charge in [0, 0.05) is 17.8 Å². The lowest BCUT2D eigenvalue weighted by Crippen LogP contribution is -2.37. The molecule has 116 valence electrons. The maximum atomic E-state index is 11.1. The Kier molecular flexibility index (Phi) is 5.94. The molecular formula is C16H23NO3S. The second kappa shape index (κ2) is 7.71. The molecule has 1 aromatic rings. The molecule has 2 rings (SSSR count). The van der Waals surface area contributed by atoms with E-state index in [1.54, 1.807) is 24.3 Å². The first-order valence-corrected chi connectivity index (χ1v) is 8.60. The van der Waals surface area contributed by atoms with Crippen LogP contribution in [0.1, 0.15) is 36.0 Å². The van der Waals surface area contributed by atoms with Crippen LogP contribution in [0.25, 0.3) is 0 Å². The topological polar surface area (TPSA) is 58.6 Å². The number of benzene rings is 1. The Hall–Kier alpha value is -1.20. The Morgan fingerprint density at radius 2 is 2.10 bits per heavy atom. The lowest BCUT2D eigenvalue weighted by molar-refractivity contribution is 0.0692. The van der Waals surface area contributed by atoms with Crippen molar-refractivity contribution in [3.05, 3.63) is 29.8 Å². The number of hydrogen-bond acceptors (Lipinski definition) is 4. The molecule has 0 unspecified atom stereocenters. The van der Waals surface area contributed by atoms with Gasteiger partial charge in [-0.25, -0.2) is 4.79 Å². The van der Waals surface area contributed by atoms with Gasteiger partial charge >= 0.3 is 5.97 Å². The average Bonchev–Trinajstić information content (AvgIpc) is 2.96. The third-order valence-corrected chi connectivity index (χ3v) is 5.47. The van der Waals surface area contributed by atoms with Gasteiger partial charge in [-0.2, -0.15) is 11.8 Å². The summed E-state index contributed by atoms with van der Waals surface area (Å²) in [7, 11) is 0. The molecular weight excluding hydrogens is 286 g/mol. The quantitative estimate of drug-likeness (QED) is 0.723. The third kappa shape index (κ3) is 4.38. The molecule has 0 aliphatic heterocycles. The number of para-hydroxylation sites is 1. The molecule has 1 aliphatic rings. The van der Waals surface area contributed by atoms with Crippen molar-refractivity contribution in [3.8, 4) is 5.75 Å². The van der Waals surface area contributed by atoms with Crippen LogP contribution in [0, 0.1) is 0 Å². The lowest BCUT2D eigenvalue weighted by atomic mass is 10.1. The summed E-state index contributed by atoms with van der Waals surface area (Å²) < 4.78 is 5.97. The largest absolute Gasteiger partial charge is 0.491 e. The van der Waals surface area contributed by atoms with Gasteiger partial charge in [-0.1, -0.05) is 25.0 Å². The number of ether oxygens (including phenoxy) is 1. The highest BCUT2D eigenvalue weighted by Gasteiger charge is 2.32. The summed E-state index contributed by atoms with van der Waals surface area (Å²) in [5.41, 5.74) is 0.217. The highest BCUT2D eigenvalue weighted by molar-refractivity contribution is 8.00. The summed E-state index contributed by atoms with van der Waals surface area (Å²) in [5.74, 6) is -0.516. The van der Waals surface area contributed by atoms with E-state index in [9.17, 15) is 4.79 Å². The second-order valence-corrected chi connectivity index (χ2v) is 6.70. The van der Waals surface area contributed by atoms with E-state index in [1.165, 1.54) is 25.7 Å². The van der Waals surface area contributed by atoms with Crippen LogP contribution in [0.3, 0.4) is 0 Å². The predicted molar refractivity (Wildman–Crippen MR) is 86.5 cm³/mol. The van der Waals surface area contributed by atoms with Gasteiger partial charge in [-0.15, -0.1) is 0 Å². The van der Waals surface area contributed by atoms with Crippen LogP contribution in [0.2, 0.25) is 0 Å². The number of thioether (sulfide) groups is 1. The fourth-order valence-corrected chi connectivity index (χ4v) is 3.73. The highest BCUT2D eigenvalue weighted by atomic mass is 32.2. The first-order valence-electron chi connectivity index (χ1n) is 7.38. The van der Waals surface area contributed by atoms with Crippen molar-refractivity contribution < 1.29 is 14.6 Å². The number of carboxylic acids is 1. The minimum absolute atomic E-state index is 0.217. The first-order chi connectivity index (χ1) is 10.2. The molecule has 0 atom stereocenters. The smallest absolute Gasteiger partial charge is 0.339 e. The first kappa shape index (κ1) is 16.2. The standard InChI is InChI=1S/C16H23NO3S/c1-21-16(8-4-5-9-16)12-17-10-11-20-14-7-3-2-6-13(14)15(18)19/h2-3,6-7,17H,4-5,8-12H2,1H3,(H,18,19). The molecule has 21 heavy (non-hydrogen) atoms. The molecule has 0 saturated heterocycles. The van der Waals surface area contributed by atoms with Crippen LogP contribution in [-0.4, -0.2) is 41.8 Å². The van der Waals surface area contributed by atoms with Gasteiger partial charge < -0.3 is 15.2 Å². The molecule has 4 nitrogen and oxygen atoms in total. The predicted octanol–water partition coefficient (Wildman–Crippen LogP) is 3.03. The summed E-state index contributed by atoms with van der Waals surface area (Å²) >= 11 is 1.96. The normalized spacial score (nSPS) is 16.8. The van der Waals surface area contributed by atoms with Crippen LogP contribution < -0.4 is 10.1 Å². The number of aromatic carboxylic acids is 1. The molecule has 0 spiro atoms. The Labute approximate surface area is 130 Å². The molecule has 1 aliphatic carbocycles. The number of nitrogens with one attached hydrogen (secondary N) is 1. The fraction of sp³-hybridized carbons (Fsp3) is 0.562.